The molecule has 5 heteroatoms. The summed E-state index contributed by atoms with van der Waals surface area (Å²) in [5.41, 5.74) is 1.52. The predicted octanol–water partition coefficient (Wildman–Crippen LogP) is 2.87. The van der Waals surface area contributed by atoms with E-state index in [1.165, 1.54) is 12.1 Å². The highest BCUT2D eigenvalue weighted by atomic mass is 19.1. The van der Waals surface area contributed by atoms with Crippen molar-refractivity contribution in [3.63, 3.8) is 0 Å². The molecule has 1 aliphatic rings. The molecule has 23 heavy (non-hydrogen) atoms. The van der Waals surface area contributed by atoms with Crippen LogP contribution >= 0.6 is 0 Å². The van der Waals surface area contributed by atoms with Crippen LogP contribution < -0.4 is 10.2 Å². The van der Waals surface area contributed by atoms with Crippen LogP contribution in [0.1, 0.15) is 23.2 Å². The molecule has 0 bridgehead atoms. The number of anilines is 1. The monoisotopic (exact) mass is 313 g/mol. The second-order valence-corrected chi connectivity index (χ2v) is 5.86. The Balaban J connectivity index is 1.47. The van der Waals surface area contributed by atoms with Crippen LogP contribution in [0.25, 0.3) is 0 Å². The maximum Gasteiger partial charge on any atom is 0.251 e. The van der Waals surface area contributed by atoms with Gasteiger partial charge in [0.15, 0.2) is 0 Å². The SMILES string of the molecule is O=C(NCC1CCN(c2cccnc2)CC1)c1cccc(F)c1. The van der Waals surface area contributed by atoms with E-state index in [1.54, 1.807) is 18.3 Å². The third-order valence-corrected chi connectivity index (χ3v) is 4.26. The molecule has 4 nitrogen and oxygen atoms in total. The van der Waals surface area contributed by atoms with Crippen LogP contribution in [0.3, 0.4) is 0 Å². The molecule has 1 saturated heterocycles. The summed E-state index contributed by atoms with van der Waals surface area (Å²) >= 11 is 0. The first-order valence-electron chi connectivity index (χ1n) is 7.91. The molecule has 0 atom stereocenters. The topological polar surface area (TPSA) is 45.2 Å². The van der Waals surface area contributed by atoms with Gasteiger partial charge in [0.05, 0.1) is 11.9 Å². The molecule has 1 aromatic carbocycles. The number of rotatable bonds is 4. The maximum atomic E-state index is 13.1. The van der Waals surface area contributed by atoms with E-state index in [-0.39, 0.29) is 11.7 Å². The molecule has 1 aliphatic heterocycles. The minimum absolute atomic E-state index is 0.209. The van der Waals surface area contributed by atoms with E-state index in [0.29, 0.717) is 18.0 Å². The van der Waals surface area contributed by atoms with Gasteiger partial charge in [-0.25, -0.2) is 4.39 Å². The molecule has 0 unspecified atom stereocenters. The van der Waals surface area contributed by atoms with Crippen molar-refractivity contribution in [2.75, 3.05) is 24.5 Å². The Labute approximate surface area is 135 Å². The van der Waals surface area contributed by atoms with E-state index in [1.807, 2.05) is 12.3 Å². The number of hydrogen-bond acceptors (Lipinski definition) is 3. The predicted molar refractivity (Wildman–Crippen MR) is 87.9 cm³/mol. The van der Waals surface area contributed by atoms with Crippen LogP contribution in [-0.2, 0) is 0 Å². The molecule has 0 aliphatic carbocycles. The Bertz CT molecular complexity index is 654. The molecular weight excluding hydrogens is 293 g/mol. The normalized spacial score (nSPS) is 15.4. The van der Waals surface area contributed by atoms with E-state index in [2.05, 4.69) is 21.3 Å². The molecule has 0 radical (unpaired) electrons. The molecule has 1 N–H and O–H groups in total. The van der Waals surface area contributed by atoms with Gasteiger partial charge in [0.1, 0.15) is 5.82 Å². The second kappa shape index (κ2) is 7.22. The minimum atomic E-state index is -0.387. The Morgan fingerprint density at radius 3 is 2.78 bits per heavy atom. The highest BCUT2D eigenvalue weighted by Gasteiger charge is 2.20. The smallest absolute Gasteiger partial charge is 0.251 e. The highest BCUT2D eigenvalue weighted by molar-refractivity contribution is 5.94. The summed E-state index contributed by atoms with van der Waals surface area (Å²) in [7, 11) is 0. The lowest BCUT2D eigenvalue weighted by Gasteiger charge is -2.33. The number of nitrogens with zero attached hydrogens (tertiary/aromatic N) is 2. The summed E-state index contributed by atoms with van der Waals surface area (Å²) in [6, 6.07) is 9.80. The number of pyridine rings is 1. The van der Waals surface area contributed by atoms with Gasteiger partial charge in [0.2, 0.25) is 0 Å². The van der Waals surface area contributed by atoms with Gasteiger partial charge < -0.3 is 10.2 Å². The first kappa shape index (κ1) is 15.5. The summed E-state index contributed by atoms with van der Waals surface area (Å²) in [5.74, 6) is -0.137. The molecule has 120 valence electrons. The highest BCUT2D eigenvalue weighted by Crippen LogP contribution is 2.22. The number of hydrogen-bond donors (Lipinski definition) is 1. The first-order valence-corrected chi connectivity index (χ1v) is 7.91. The van der Waals surface area contributed by atoms with E-state index in [9.17, 15) is 9.18 Å². The van der Waals surface area contributed by atoms with Crippen LogP contribution in [0.5, 0.6) is 0 Å². The number of amides is 1. The van der Waals surface area contributed by atoms with Gasteiger partial charge in [0, 0.05) is 31.4 Å². The fourth-order valence-electron chi connectivity index (χ4n) is 2.90. The molecule has 1 aromatic heterocycles. The van der Waals surface area contributed by atoms with E-state index >= 15 is 0 Å². The molecule has 3 rings (SSSR count). The van der Waals surface area contributed by atoms with Gasteiger partial charge in [0.25, 0.3) is 5.91 Å². The van der Waals surface area contributed by atoms with Gasteiger partial charge >= 0.3 is 0 Å². The largest absolute Gasteiger partial charge is 0.370 e. The van der Waals surface area contributed by atoms with Crippen molar-refractivity contribution in [2.24, 2.45) is 5.92 Å². The van der Waals surface area contributed by atoms with Crippen LogP contribution in [0.2, 0.25) is 0 Å². The lowest BCUT2D eigenvalue weighted by molar-refractivity contribution is 0.0944. The number of aromatic nitrogens is 1. The first-order chi connectivity index (χ1) is 11.2. The number of carbonyl (C=O) groups excluding carboxylic acids is 1. The van der Waals surface area contributed by atoms with E-state index in [4.69, 9.17) is 0 Å². The zero-order valence-electron chi connectivity index (χ0n) is 12.9. The van der Waals surface area contributed by atoms with Crippen molar-refractivity contribution in [3.8, 4) is 0 Å². The van der Waals surface area contributed by atoms with Crippen LogP contribution in [-0.4, -0.2) is 30.5 Å². The maximum absolute atomic E-state index is 13.1. The van der Waals surface area contributed by atoms with Crippen molar-refractivity contribution in [1.82, 2.24) is 10.3 Å². The number of piperidine rings is 1. The quantitative estimate of drug-likeness (QED) is 0.944. The van der Waals surface area contributed by atoms with Gasteiger partial charge in [-0.3, -0.25) is 9.78 Å². The zero-order chi connectivity index (χ0) is 16.1. The summed E-state index contributed by atoms with van der Waals surface area (Å²) in [4.78, 5) is 18.5. The summed E-state index contributed by atoms with van der Waals surface area (Å²) in [5, 5.41) is 2.91. The van der Waals surface area contributed by atoms with Gasteiger partial charge in [-0.1, -0.05) is 6.07 Å². The molecule has 0 saturated carbocycles. The molecular formula is C18H20FN3O. The van der Waals surface area contributed by atoms with Crippen molar-refractivity contribution in [2.45, 2.75) is 12.8 Å². The fourth-order valence-corrected chi connectivity index (χ4v) is 2.90. The molecule has 2 heterocycles. The number of halogens is 1. The Kier molecular flexibility index (Phi) is 4.86. The number of carbonyl (C=O) groups is 1. The molecule has 0 spiro atoms. The second-order valence-electron chi connectivity index (χ2n) is 5.86. The zero-order valence-corrected chi connectivity index (χ0v) is 12.9. The van der Waals surface area contributed by atoms with Crippen molar-refractivity contribution < 1.29 is 9.18 Å². The molecule has 1 fully saturated rings. The van der Waals surface area contributed by atoms with E-state index in [0.717, 1.165) is 31.6 Å². The van der Waals surface area contributed by atoms with Gasteiger partial charge in [-0.15, -0.1) is 0 Å². The number of nitrogens with one attached hydrogen (secondary N) is 1. The van der Waals surface area contributed by atoms with Crippen LogP contribution in [0, 0.1) is 11.7 Å². The third kappa shape index (κ3) is 4.06. The summed E-state index contributed by atoms with van der Waals surface area (Å²) < 4.78 is 13.1. The Morgan fingerprint density at radius 1 is 1.26 bits per heavy atom. The van der Waals surface area contributed by atoms with Crippen molar-refractivity contribution in [3.05, 3.63) is 60.2 Å². The lowest BCUT2D eigenvalue weighted by atomic mass is 9.96. The summed E-state index contributed by atoms with van der Waals surface area (Å²) in [6.45, 7) is 2.56. The summed E-state index contributed by atoms with van der Waals surface area (Å²) in [6.07, 6.45) is 5.71. The van der Waals surface area contributed by atoms with Crippen LogP contribution in [0.4, 0.5) is 10.1 Å². The lowest BCUT2D eigenvalue weighted by Crippen LogP contribution is -2.38. The number of benzene rings is 1. The average molecular weight is 313 g/mol. The third-order valence-electron chi connectivity index (χ3n) is 4.26. The van der Waals surface area contributed by atoms with Crippen molar-refractivity contribution in [1.29, 1.82) is 0 Å². The average Bonchev–Trinajstić information content (AvgIpc) is 2.61. The Morgan fingerprint density at radius 2 is 2.09 bits per heavy atom. The van der Waals surface area contributed by atoms with Gasteiger partial charge in [-0.2, -0.15) is 0 Å². The molecule has 2 aromatic rings. The Hall–Kier alpha value is -2.43. The molecule has 1 amide bonds. The van der Waals surface area contributed by atoms with Crippen molar-refractivity contribution >= 4 is 11.6 Å². The minimum Gasteiger partial charge on any atom is -0.370 e. The standard InChI is InChI=1S/C18H20FN3O/c19-16-4-1-3-15(11-16)18(23)21-12-14-6-9-22(10-7-14)17-5-2-8-20-13-17/h1-5,8,11,13-14H,6-7,9-10,12H2,(H,21,23). The fraction of sp³-hybridized carbons (Fsp3) is 0.333. The van der Waals surface area contributed by atoms with Gasteiger partial charge in [-0.05, 0) is 49.1 Å². The van der Waals surface area contributed by atoms with E-state index < -0.39 is 0 Å². The van der Waals surface area contributed by atoms with Crippen LogP contribution in [0.15, 0.2) is 48.8 Å².